The predicted octanol–water partition coefficient (Wildman–Crippen LogP) is 4.65. The molecule has 176 valence electrons. The third kappa shape index (κ3) is 6.25. The molecule has 1 atom stereocenters. The van der Waals surface area contributed by atoms with E-state index in [4.69, 9.17) is 0 Å². The average Bonchev–Trinajstić information content (AvgIpc) is 2.79. The Balaban J connectivity index is 1.62. The van der Waals surface area contributed by atoms with Crippen molar-refractivity contribution in [2.24, 2.45) is 5.92 Å². The number of benzene rings is 3. The van der Waals surface area contributed by atoms with Gasteiger partial charge >= 0.3 is 5.97 Å². The van der Waals surface area contributed by atoms with Crippen molar-refractivity contribution in [3.63, 3.8) is 0 Å². The quantitative estimate of drug-likeness (QED) is 0.450. The van der Waals surface area contributed by atoms with Gasteiger partial charge in [0.1, 0.15) is 17.7 Å². The van der Waals surface area contributed by atoms with Crippen LogP contribution in [0.3, 0.4) is 0 Å². The molecule has 0 saturated heterocycles. The molecule has 0 aliphatic carbocycles. The van der Waals surface area contributed by atoms with Crippen molar-refractivity contribution in [2.75, 3.05) is 5.32 Å². The van der Waals surface area contributed by atoms with Crippen LogP contribution in [-0.4, -0.2) is 28.9 Å². The first-order valence-corrected chi connectivity index (χ1v) is 10.6. The number of carbonyl (C=O) groups excluding carboxylic acids is 2. The lowest BCUT2D eigenvalue weighted by atomic mass is 10.0. The maximum Gasteiger partial charge on any atom is 0.326 e. The van der Waals surface area contributed by atoms with Crippen LogP contribution in [0.2, 0.25) is 0 Å². The summed E-state index contributed by atoms with van der Waals surface area (Å²) in [5, 5.41) is 14.4. The lowest BCUT2D eigenvalue weighted by molar-refractivity contribution is -0.140. The van der Waals surface area contributed by atoms with Crippen molar-refractivity contribution in [3.8, 4) is 11.1 Å². The van der Waals surface area contributed by atoms with E-state index in [9.17, 15) is 28.3 Å². The Hall–Kier alpha value is -4.07. The molecule has 0 spiro atoms. The molecule has 2 amide bonds. The first-order chi connectivity index (χ1) is 16.1. The molecule has 0 saturated carbocycles. The van der Waals surface area contributed by atoms with Crippen LogP contribution in [0.1, 0.15) is 29.8 Å². The summed E-state index contributed by atoms with van der Waals surface area (Å²) in [5.41, 5.74) is 2.61. The Morgan fingerprint density at radius 1 is 0.882 bits per heavy atom. The van der Waals surface area contributed by atoms with Gasteiger partial charge in [-0.25, -0.2) is 13.6 Å². The van der Waals surface area contributed by atoms with E-state index in [0.29, 0.717) is 11.3 Å². The number of anilines is 1. The highest BCUT2D eigenvalue weighted by Gasteiger charge is 2.23. The molecule has 3 N–H and O–H groups in total. The minimum Gasteiger partial charge on any atom is -0.480 e. The van der Waals surface area contributed by atoms with Crippen molar-refractivity contribution >= 4 is 23.5 Å². The maximum atomic E-state index is 13.7. The number of carboxylic acids is 1. The normalized spacial score (nSPS) is 11.7. The van der Waals surface area contributed by atoms with Crippen LogP contribution < -0.4 is 10.6 Å². The molecule has 0 aliphatic rings. The summed E-state index contributed by atoms with van der Waals surface area (Å²) in [4.78, 5) is 35.8. The first kappa shape index (κ1) is 24.6. The van der Waals surface area contributed by atoms with Gasteiger partial charge < -0.3 is 15.7 Å². The molecular formula is C26H24F2N2O4. The molecule has 0 unspecified atom stereocenters. The van der Waals surface area contributed by atoms with Crippen LogP contribution in [0.25, 0.3) is 11.1 Å². The third-order valence-electron chi connectivity index (χ3n) is 5.23. The van der Waals surface area contributed by atoms with E-state index in [0.717, 1.165) is 23.3 Å². The zero-order valence-corrected chi connectivity index (χ0v) is 18.6. The number of carbonyl (C=O) groups is 3. The van der Waals surface area contributed by atoms with Crippen molar-refractivity contribution in [3.05, 3.63) is 89.5 Å². The number of amides is 2. The number of halogens is 2. The fraction of sp³-hybridized carbons (Fsp3) is 0.192. The summed E-state index contributed by atoms with van der Waals surface area (Å²) >= 11 is 0. The van der Waals surface area contributed by atoms with E-state index in [-0.39, 0.29) is 17.9 Å². The lowest BCUT2D eigenvalue weighted by Crippen LogP contribution is -2.44. The molecule has 34 heavy (non-hydrogen) atoms. The summed E-state index contributed by atoms with van der Waals surface area (Å²) in [6.07, 6.45) is -0.225. The summed E-state index contributed by atoms with van der Waals surface area (Å²) in [6, 6.07) is 15.7. The monoisotopic (exact) mass is 466 g/mol. The molecule has 6 nitrogen and oxygen atoms in total. The largest absolute Gasteiger partial charge is 0.480 e. The van der Waals surface area contributed by atoms with Crippen LogP contribution in [0.4, 0.5) is 14.5 Å². The van der Waals surface area contributed by atoms with Gasteiger partial charge in [-0.15, -0.1) is 0 Å². The van der Waals surface area contributed by atoms with Gasteiger partial charge in [-0.2, -0.15) is 0 Å². The first-order valence-electron chi connectivity index (χ1n) is 10.6. The van der Waals surface area contributed by atoms with Gasteiger partial charge in [-0.05, 0) is 52.9 Å². The molecule has 0 heterocycles. The summed E-state index contributed by atoms with van der Waals surface area (Å²) in [7, 11) is 0. The number of aliphatic carboxylic acids is 1. The van der Waals surface area contributed by atoms with Crippen LogP contribution >= 0.6 is 0 Å². The van der Waals surface area contributed by atoms with Crippen LogP contribution in [0.15, 0.2) is 66.7 Å². The molecule has 0 bridgehead atoms. The molecule has 3 aromatic carbocycles. The molecular weight excluding hydrogens is 442 g/mol. The SMILES string of the molecule is CC(C)[C@H](NC(=O)c1ccc(-c2ccc(NC(=O)Cc3ccc(F)cc3F)cc2)cc1)C(=O)O. The highest BCUT2D eigenvalue weighted by atomic mass is 19.1. The third-order valence-corrected chi connectivity index (χ3v) is 5.23. The molecule has 8 heteroatoms. The smallest absolute Gasteiger partial charge is 0.326 e. The highest BCUT2D eigenvalue weighted by molar-refractivity contribution is 5.97. The minimum absolute atomic E-state index is 0.0997. The Bertz CT molecular complexity index is 1190. The van der Waals surface area contributed by atoms with Crippen LogP contribution in [-0.2, 0) is 16.0 Å². The van der Waals surface area contributed by atoms with Gasteiger partial charge in [-0.1, -0.05) is 44.2 Å². The van der Waals surface area contributed by atoms with E-state index in [1.54, 1.807) is 62.4 Å². The number of carboxylic acid groups (broad SMARTS) is 1. The van der Waals surface area contributed by atoms with Gasteiger partial charge in [-0.3, -0.25) is 9.59 Å². The molecule has 0 fully saturated rings. The topological polar surface area (TPSA) is 95.5 Å². The highest BCUT2D eigenvalue weighted by Crippen LogP contribution is 2.22. The van der Waals surface area contributed by atoms with Gasteiger partial charge in [0.05, 0.1) is 6.42 Å². The van der Waals surface area contributed by atoms with Crippen LogP contribution in [0.5, 0.6) is 0 Å². The Morgan fingerprint density at radius 3 is 2.00 bits per heavy atom. The Kier molecular flexibility index (Phi) is 7.73. The second-order valence-corrected chi connectivity index (χ2v) is 8.15. The minimum atomic E-state index is -1.09. The Labute approximate surface area is 195 Å². The van der Waals surface area contributed by atoms with Gasteiger partial charge in [0, 0.05) is 17.3 Å². The standard InChI is InChI=1S/C26H24F2N2O4/c1-15(2)24(26(33)34)30-25(32)18-5-3-16(4-6-18)17-8-11-21(12-9-17)29-23(31)13-19-7-10-20(27)14-22(19)28/h3-12,14-15,24H,13H2,1-2H3,(H,29,31)(H,30,32)(H,33,34)/t24-/m0/s1. The van der Waals surface area contributed by atoms with Gasteiger partial charge in [0.2, 0.25) is 5.91 Å². The molecule has 0 aliphatic heterocycles. The van der Waals surface area contributed by atoms with E-state index < -0.39 is 35.5 Å². The molecule has 3 aromatic rings. The Morgan fingerprint density at radius 2 is 1.47 bits per heavy atom. The number of rotatable bonds is 8. The van der Waals surface area contributed by atoms with E-state index >= 15 is 0 Å². The second kappa shape index (κ2) is 10.7. The second-order valence-electron chi connectivity index (χ2n) is 8.15. The lowest BCUT2D eigenvalue weighted by Gasteiger charge is -2.18. The predicted molar refractivity (Wildman–Crippen MR) is 124 cm³/mol. The summed E-state index contributed by atoms with van der Waals surface area (Å²) in [5.74, 6) is -3.72. The zero-order valence-electron chi connectivity index (χ0n) is 18.6. The fourth-order valence-electron chi connectivity index (χ4n) is 3.34. The van der Waals surface area contributed by atoms with Crippen molar-refractivity contribution in [1.82, 2.24) is 5.32 Å². The van der Waals surface area contributed by atoms with Crippen molar-refractivity contribution < 1.29 is 28.3 Å². The average molecular weight is 466 g/mol. The van der Waals surface area contributed by atoms with Gasteiger partial charge in [0.25, 0.3) is 5.91 Å². The number of nitrogens with one attached hydrogen (secondary N) is 2. The number of hydrogen-bond donors (Lipinski definition) is 3. The van der Waals surface area contributed by atoms with Crippen molar-refractivity contribution in [1.29, 1.82) is 0 Å². The fourth-order valence-corrected chi connectivity index (χ4v) is 3.34. The summed E-state index contributed by atoms with van der Waals surface area (Å²) in [6.45, 7) is 3.44. The zero-order chi connectivity index (χ0) is 24.8. The van der Waals surface area contributed by atoms with E-state index in [1.165, 1.54) is 6.07 Å². The molecule has 3 rings (SSSR count). The van der Waals surface area contributed by atoms with E-state index in [1.807, 2.05) is 0 Å². The molecule has 0 aromatic heterocycles. The van der Waals surface area contributed by atoms with Crippen LogP contribution in [0, 0.1) is 17.6 Å². The number of hydrogen-bond acceptors (Lipinski definition) is 3. The van der Waals surface area contributed by atoms with E-state index in [2.05, 4.69) is 10.6 Å². The molecule has 0 radical (unpaired) electrons. The summed E-state index contributed by atoms with van der Waals surface area (Å²) < 4.78 is 26.7. The van der Waals surface area contributed by atoms with Crippen molar-refractivity contribution in [2.45, 2.75) is 26.3 Å². The van der Waals surface area contributed by atoms with Gasteiger partial charge in [0.15, 0.2) is 0 Å². The maximum absolute atomic E-state index is 13.7.